The Morgan fingerprint density at radius 1 is 1.26 bits per heavy atom. The van der Waals surface area contributed by atoms with Gasteiger partial charge in [-0.2, -0.15) is 0 Å². The van der Waals surface area contributed by atoms with Crippen molar-refractivity contribution in [3.05, 3.63) is 68.3 Å². The fourth-order valence-electron chi connectivity index (χ4n) is 2.43. The minimum Gasteiger partial charge on any atom is -0.477 e. The average Bonchev–Trinajstić information content (AvgIpc) is 2.94. The Hall–Kier alpha value is -2.54. The summed E-state index contributed by atoms with van der Waals surface area (Å²) in [5, 5.41) is 9.37. The van der Waals surface area contributed by atoms with Crippen LogP contribution >= 0.6 is 11.3 Å². The zero-order valence-electron chi connectivity index (χ0n) is 12.0. The number of benzene rings is 1. The summed E-state index contributed by atoms with van der Waals surface area (Å²) in [5.41, 5.74) is 0.557. The molecule has 2 heterocycles. The molecule has 0 saturated heterocycles. The number of halogens is 2. The number of carboxylic acids is 1. The number of hydrogen-bond acceptors (Lipinski definition) is 3. The summed E-state index contributed by atoms with van der Waals surface area (Å²) in [4.78, 5) is 24.2. The number of carbonyl (C=O) groups is 1. The molecule has 1 aromatic carbocycles. The zero-order valence-corrected chi connectivity index (χ0v) is 12.8. The third kappa shape index (κ3) is 2.75. The molecule has 0 radical (unpaired) electrons. The van der Waals surface area contributed by atoms with Gasteiger partial charge in [-0.3, -0.25) is 4.79 Å². The first kappa shape index (κ1) is 15.4. The quantitative estimate of drug-likeness (QED) is 0.800. The van der Waals surface area contributed by atoms with Gasteiger partial charge in [0.25, 0.3) is 0 Å². The van der Waals surface area contributed by atoms with Gasteiger partial charge in [0.05, 0.1) is 5.39 Å². The number of aromatic carboxylic acids is 1. The molecule has 118 valence electrons. The molecule has 0 amide bonds. The van der Waals surface area contributed by atoms with Crippen molar-refractivity contribution >= 4 is 27.5 Å². The smallest absolute Gasteiger partial charge is 0.345 e. The lowest BCUT2D eigenvalue weighted by Crippen LogP contribution is -2.12. The highest BCUT2D eigenvalue weighted by Crippen LogP contribution is 2.24. The molecular weight excluding hydrogens is 324 g/mol. The molecule has 1 N–H and O–H groups in total. The van der Waals surface area contributed by atoms with Gasteiger partial charge in [0.2, 0.25) is 0 Å². The standard InChI is InChI=1S/C16H11F2NO3S/c1-19-7-9(4-8-2-3-11(17)12(18)5-8)14(20)10-6-13(16(21)22)23-15(10)19/h2-3,5-7H,4H2,1H3,(H,21,22). The molecule has 0 unspecified atom stereocenters. The van der Waals surface area contributed by atoms with Gasteiger partial charge in [0.1, 0.15) is 9.71 Å². The van der Waals surface area contributed by atoms with Crippen LogP contribution in [-0.4, -0.2) is 15.6 Å². The van der Waals surface area contributed by atoms with E-state index in [1.54, 1.807) is 17.8 Å². The van der Waals surface area contributed by atoms with Gasteiger partial charge in [0, 0.05) is 25.2 Å². The van der Waals surface area contributed by atoms with Crippen molar-refractivity contribution in [3.63, 3.8) is 0 Å². The molecule has 0 aliphatic heterocycles. The van der Waals surface area contributed by atoms with Gasteiger partial charge < -0.3 is 9.67 Å². The molecule has 3 rings (SSSR count). The van der Waals surface area contributed by atoms with Crippen LogP contribution in [0.2, 0.25) is 0 Å². The van der Waals surface area contributed by atoms with Crippen LogP contribution in [0.5, 0.6) is 0 Å². The molecule has 0 fully saturated rings. The van der Waals surface area contributed by atoms with E-state index in [4.69, 9.17) is 5.11 Å². The van der Waals surface area contributed by atoms with E-state index in [2.05, 4.69) is 0 Å². The summed E-state index contributed by atoms with van der Waals surface area (Å²) in [7, 11) is 1.71. The number of fused-ring (bicyclic) bond motifs is 1. The molecule has 0 aliphatic carbocycles. The third-order valence-electron chi connectivity index (χ3n) is 3.51. The number of thiophene rings is 1. The van der Waals surface area contributed by atoms with E-state index >= 15 is 0 Å². The van der Waals surface area contributed by atoms with Crippen LogP contribution in [0.3, 0.4) is 0 Å². The SMILES string of the molecule is Cn1cc(Cc2ccc(F)c(F)c2)c(=O)c2cc(C(=O)O)sc21. The lowest BCUT2D eigenvalue weighted by molar-refractivity contribution is 0.0702. The second kappa shape index (κ2) is 5.58. The van der Waals surface area contributed by atoms with Gasteiger partial charge in [0.15, 0.2) is 17.1 Å². The van der Waals surface area contributed by atoms with Crippen molar-refractivity contribution in [1.82, 2.24) is 4.57 Å². The summed E-state index contributed by atoms with van der Waals surface area (Å²) in [6, 6.07) is 4.83. The van der Waals surface area contributed by atoms with Gasteiger partial charge in [-0.05, 0) is 23.8 Å². The fraction of sp³-hybridized carbons (Fsp3) is 0.125. The van der Waals surface area contributed by atoms with E-state index in [-0.39, 0.29) is 16.7 Å². The second-order valence-corrected chi connectivity index (χ2v) is 6.18. The highest BCUT2D eigenvalue weighted by Gasteiger charge is 2.15. The number of nitrogens with zero attached hydrogens (tertiary/aromatic N) is 1. The molecule has 0 aliphatic rings. The van der Waals surface area contributed by atoms with Crippen LogP contribution in [0.15, 0.2) is 35.3 Å². The third-order valence-corrected chi connectivity index (χ3v) is 4.72. The molecular formula is C16H11F2NO3S. The molecule has 0 spiro atoms. The lowest BCUT2D eigenvalue weighted by atomic mass is 10.0. The Bertz CT molecular complexity index is 991. The number of aryl methyl sites for hydroxylation is 1. The van der Waals surface area contributed by atoms with Crippen molar-refractivity contribution in [3.8, 4) is 0 Å². The minimum atomic E-state index is -1.09. The van der Waals surface area contributed by atoms with Crippen molar-refractivity contribution in [2.75, 3.05) is 0 Å². The van der Waals surface area contributed by atoms with Crippen molar-refractivity contribution in [2.45, 2.75) is 6.42 Å². The van der Waals surface area contributed by atoms with Crippen LogP contribution in [0.4, 0.5) is 8.78 Å². The number of hydrogen-bond donors (Lipinski definition) is 1. The topological polar surface area (TPSA) is 59.3 Å². The zero-order chi connectivity index (χ0) is 16.7. The molecule has 23 heavy (non-hydrogen) atoms. The molecule has 2 aromatic heterocycles. The van der Waals surface area contributed by atoms with Gasteiger partial charge in [-0.25, -0.2) is 13.6 Å². The Kier molecular flexibility index (Phi) is 3.73. The van der Waals surface area contributed by atoms with E-state index in [9.17, 15) is 18.4 Å². The highest BCUT2D eigenvalue weighted by atomic mass is 32.1. The molecule has 0 atom stereocenters. The van der Waals surface area contributed by atoms with Crippen LogP contribution in [-0.2, 0) is 13.5 Å². The van der Waals surface area contributed by atoms with Crippen LogP contribution in [0, 0.1) is 11.6 Å². The summed E-state index contributed by atoms with van der Waals surface area (Å²) in [5.74, 6) is -3.00. The number of rotatable bonds is 3. The van der Waals surface area contributed by atoms with E-state index in [0.29, 0.717) is 21.3 Å². The van der Waals surface area contributed by atoms with Gasteiger partial charge in [-0.15, -0.1) is 11.3 Å². The molecule has 4 nitrogen and oxygen atoms in total. The normalized spacial score (nSPS) is 11.1. The van der Waals surface area contributed by atoms with Crippen LogP contribution in [0.25, 0.3) is 10.2 Å². The van der Waals surface area contributed by atoms with Crippen molar-refractivity contribution in [1.29, 1.82) is 0 Å². The maximum atomic E-state index is 13.3. The van der Waals surface area contributed by atoms with E-state index in [1.807, 2.05) is 0 Å². The summed E-state index contributed by atoms with van der Waals surface area (Å²) < 4.78 is 27.9. The summed E-state index contributed by atoms with van der Waals surface area (Å²) >= 11 is 1.02. The first-order chi connectivity index (χ1) is 10.9. The second-order valence-electron chi connectivity index (χ2n) is 5.15. The Morgan fingerprint density at radius 3 is 2.65 bits per heavy atom. The van der Waals surface area contributed by atoms with Gasteiger partial charge in [-0.1, -0.05) is 6.07 Å². The average molecular weight is 335 g/mol. The predicted octanol–water partition coefficient (Wildman–Crippen LogP) is 3.17. The first-order valence-corrected chi connectivity index (χ1v) is 7.47. The largest absolute Gasteiger partial charge is 0.477 e. The van der Waals surface area contributed by atoms with Crippen molar-refractivity contribution < 1.29 is 18.7 Å². The number of pyridine rings is 1. The Labute approximate surface area is 133 Å². The fourth-order valence-corrected chi connectivity index (χ4v) is 3.36. The monoisotopic (exact) mass is 335 g/mol. The van der Waals surface area contributed by atoms with E-state index < -0.39 is 17.6 Å². The predicted molar refractivity (Wildman–Crippen MR) is 83.2 cm³/mol. The maximum Gasteiger partial charge on any atom is 0.345 e. The maximum absolute atomic E-state index is 13.3. The van der Waals surface area contributed by atoms with Crippen molar-refractivity contribution in [2.24, 2.45) is 7.05 Å². The van der Waals surface area contributed by atoms with E-state index in [1.165, 1.54) is 12.1 Å². The highest BCUT2D eigenvalue weighted by molar-refractivity contribution is 7.20. The Morgan fingerprint density at radius 2 is 2.00 bits per heavy atom. The molecule has 0 bridgehead atoms. The van der Waals surface area contributed by atoms with Gasteiger partial charge >= 0.3 is 5.97 Å². The first-order valence-electron chi connectivity index (χ1n) is 6.66. The lowest BCUT2D eigenvalue weighted by Gasteiger charge is -2.06. The van der Waals surface area contributed by atoms with Crippen LogP contribution < -0.4 is 5.43 Å². The summed E-state index contributed by atoms with van der Waals surface area (Å²) in [6.45, 7) is 0. The number of carboxylic acid groups (broad SMARTS) is 1. The minimum absolute atomic E-state index is 0.0812. The molecule has 7 heteroatoms. The van der Waals surface area contributed by atoms with E-state index in [0.717, 1.165) is 23.5 Å². The molecule has 3 aromatic rings. The summed E-state index contributed by atoms with van der Waals surface area (Å²) in [6.07, 6.45) is 1.73. The van der Waals surface area contributed by atoms with Crippen LogP contribution in [0.1, 0.15) is 20.8 Å². The molecule has 0 saturated carbocycles. The number of aromatic nitrogens is 1. The Balaban J connectivity index is 2.11.